The van der Waals surface area contributed by atoms with Crippen LogP contribution < -0.4 is 4.90 Å². The van der Waals surface area contributed by atoms with E-state index in [1.165, 1.54) is 40.5 Å². The Kier molecular flexibility index (Phi) is 5.72. The van der Waals surface area contributed by atoms with Crippen molar-refractivity contribution in [3.8, 4) is 0 Å². The van der Waals surface area contributed by atoms with Crippen molar-refractivity contribution in [3.63, 3.8) is 0 Å². The number of aliphatic hydroxyl groups excluding tert-OH is 1. The van der Waals surface area contributed by atoms with E-state index in [0.29, 0.717) is 15.7 Å². The van der Waals surface area contributed by atoms with Gasteiger partial charge in [-0.15, -0.1) is 11.3 Å². The van der Waals surface area contributed by atoms with Gasteiger partial charge in [-0.2, -0.15) is 0 Å². The normalized spacial score (nSPS) is 17.0. The van der Waals surface area contributed by atoms with Crippen molar-refractivity contribution in [1.82, 2.24) is 4.98 Å². The van der Waals surface area contributed by atoms with Gasteiger partial charge in [0.1, 0.15) is 10.9 Å². The van der Waals surface area contributed by atoms with E-state index in [4.69, 9.17) is 11.6 Å². The maximum Gasteiger partial charge on any atom is 0.296 e. The summed E-state index contributed by atoms with van der Waals surface area (Å²) in [4.78, 5) is 19.2. The summed E-state index contributed by atoms with van der Waals surface area (Å²) in [6.45, 7) is 3.67. The van der Waals surface area contributed by atoms with Gasteiger partial charge in [-0.3, -0.25) is 9.69 Å². The average molecular weight is 540 g/mol. The van der Waals surface area contributed by atoms with Gasteiger partial charge in [-0.05, 0) is 55.8 Å². The molecule has 1 N–H and O–H groups in total. The van der Waals surface area contributed by atoms with Crippen LogP contribution in [0, 0.1) is 13.8 Å². The van der Waals surface area contributed by atoms with Gasteiger partial charge in [0, 0.05) is 14.4 Å². The van der Waals surface area contributed by atoms with Crippen molar-refractivity contribution >= 4 is 59.7 Å². The monoisotopic (exact) mass is 538 g/mol. The molecule has 0 aliphatic carbocycles. The highest BCUT2D eigenvalue weighted by molar-refractivity contribution is 9.10. The van der Waals surface area contributed by atoms with Crippen LogP contribution >= 0.6 is 38.9 Å². The third-order valence-corrected chi connectivity index (χ3v) is 8.73. The number of nitrogens with zero attached hydrogens (tertiary/aromatic N) is 2. The molecule has 0 radical (unpaired) electrons. The molecule has 1 aliphatic heterocycles. The summed E-state index contributed by atoms with van der Waals surface area (Å²) in [5.41, 5.74) is 1.26. The second-order valence-corrected chi connectivity index (χ2v) is 11.4. The second kappa shape index (κ2) is 8.05. The third-order valence-electron chi connectivity index (χ3n) is 4.98. The van der Waals surface area contributed by atoms with Gasteiger partial charge in [-0.25, -0.2) is 13.4 Å². The molecule has 1 unspecified atom stereocenters. The first-order chi connectivity index (χ1) is 14.6. The van der Waals surface area contributed by atoms with Gasteiger partial charge >= 0.3 is 0 Å². The average Bonchev–Trinajstić information content (AvgIpc) is 3.19. The molecule has 0 saturated heterocycles. The Bertz CT molecular complexity index is 1300. The lowest BCUT2D eigenvalue weighted by atomic mass is 10.1. The molecule has 0 fully saturated rings. The molecule has 2 aromatic carbocycles. The van der Waals surface area contributed by atoms with Crippen LogP contribution in [0.5, 0.6) is 0 Å². The fourth-order valence-electron chi connectivity index (χ4n) is 3.30. The molecule has 1 amide bonds. The molecule has 31 heavy (non-hydrogen) atoms. The maximum absolute atomic E-state index is 13.5. The summed E-state index contributed by atoms with van der Waals surface area (Å²) < 4.78 is 27.9. The SMILES string of the molecule is Cc1nc(N2C(=O)C(O)=C(S(=O)(=O)c3ccc(Cl)cc3)C2c2ccc(Br)cc2)sc1C. The van der Waals surface area contributed by atoms with E-state index < -0.39 is 27.5 Å². The van der Waals surface area contributed by atoms with Gasteiger partial charge in [0.2, 0.25) is 9.84 Å². The summed E-state index contributed by atoms with van der Waals surface area (Å²) in [6.07, 6.45) is 0. The Morgan fingerprint density at radius 3 is 2.26 bits per heavy atom. The fraction of sp³-hybridized carbons (Fsp3) is 0.143. The number of aromatic nitrogens is 1. The highest BCUT2D eigenvalue weighted by Crippen LogP contribution is 2.46. The molecule has 1 aliphatic rings. The quantitative estimate of drug-likeness (QED) is 0.472. The summed E-state index contributed by atoms with van der Waals surface area (Å²) >= 11 is 10.5. The Morgan fingerprint density at radius 1 is 1.10 bits per heavy atom. The van der Waals surface area contributed by atoms with Crippen LogP contribution in [-0.4, -0.2) is 24.4 Å². The summed E-state index contributed by atoms with van der Waals surface area (Å²) in [5.74, 6) is -1.62. The van der Waals surface area contributed by atoms with Gasteiger partial charge in [0.15, 0.2) is 10.9 Å². The standard InChI is InChI=1S/C21H16BrClN2O4S2/c1-11-12(2)30-21(24-11)25-17(13-3-5-14(22)6-4-13)19(18(26)20(25)27)31(28,29)16-9-7-15(23)8-10-16/h3-10,17,26H,1-2H3. The molecule has 3 aromatic rings. The van der Waals surface area contributed by atoms with Gasteiger partial charge in [0.25, 0.3) is 5.91 Å². The molecule has 0 saturated carbocycles. The van der Waals surface area contributed by atoms with Crippen LogP contribution in [0.15, 0.2) is 68.6 Å². The molecule has 4 rings (SSSR count). The van der Waals surface area contributed by atoms with E-state index in [-0.39, 0.29) is 9.80 Å². The van der Waals surface area contributed by atoms with Crippen molar-refractivity contribution in [2.45, 2.75) is 24.8 Å². The molecule has 1 atom stereocenters. The molecule has 0 spiro atoms. The first-order valence-corrected chi connectivity index (χ1v) is 12.5. The Morgan fingerprint density at radius 2 is 1.71 bits per heavy atom. The minimum atomic E-state index is -4.22. The summed E-state index contributed by atoms with van der Waals surface area (Å²) in [5, 5.41) is 11.4. The molecule has 160 valence electrons. The number of aryl methyl sites for hydroxylation is 2. The number of amides is 1. The largest absolute Gasteiger partial charge is 0.502 e. The van der Waals surface area contributed by atoms with E-state index in [1.807, 2.05) is 13.8 Å². The highest BCUT2D eigenvalue weighted by atomic mass is 79.9. The van der Waals surface area contributed by atoms with Gasteiger partial charge in [0.05, 0.1) is 10.6 Å². The number of thiazole rings is 1. The number of carbonyl (C=O) groups is 1. The number of benzene rings is 2. The molecular weight excluding hydrogens is 524 g/mol. The van der Waals surface area contributed by atoms with E-state index in [1.54, 1.807) is 24.3 Å². The topological polar surface area (TPSA) is 87.6 Å². The van der Waals surface area contributed by atoms with Crippen LogP contribution in [0.4, 0.5) is 5.13 Å². The molecule has 1 aromatic heterocycles. The van der Waals surface area contributed by atoms with Crippen LogP contribution in [0.2, 0.25) is 5.02 Å². The lowest BCUT2D eigenvalue weighted by molar-refractivity contribution is -0.117. The number of hydrogen-bond donors (Lipinski definition) is 1. The van der Waals surface area contributed by atoms with Gasteiger partial charge in [-0.1, -0.05) is 39.7 Å². The van der Waals surface area contributed by atoms with Crippen molar-refractivity contribution in [1.29, 1.82) is 0 Å². The zero-order chi connectivity index (χ0) is 22.5. The molecule has 6 nitrogen and oxygen atoms in total. The Hall–Kier alpha value is -2.20. The van der Waals surface area contributed by atoms with Crippen molar-refractivity contribution in [2.24, 2.45) is 0 Å². The zero-order valence-electron chi connectivity index (χ0n) is 16.3. The summed E-state index contributed by atoms with van der Waals surface area (Å²) in [7, 11) is -4.22. The first-order valence-electron chi connectivity index (χ1n) is 9.08. The number of carbonyl (C=O) groups excluding carboxylic acids is 1. The van der Waals surface area contributed by atoms with Crippen LogP contribution in [0.3, 0.4) is 0 Å². The molecular formula is C21H16BrClN2O4S2. The number of halogens is 2. The predicted molar refractivity (Wildman–Crippen MR) is 124 cm³/mol. The maximum atomic E-state index is 13.5. The first kappa shape index (κ1) is 22.0. The molecule has 10 heteroatoms. The minimum Gasteiger partial charge on any atom is -0.502 e. The van der Waals surface area contributed by atoms with Crippen LogP contribution in [-0.2, 0) is 14.6 Å². The zero-order valence-corrected chi connectivity index (χ0v) is 20.3. The minimum absolute atomic E-state index is 0.0679. The lowest BCUT2D eigenvalue weighted by Crippen LogP contribution is -2.31. The Labute approximate surface area is 196 Å². The predicted octanol–water partition coefficient (Wildman–Crippen LogP) is 5.51. The number of rotatable bonds is 4. The van der Waals surface area contributed by atoms with E-state index in [0.717, 1.165) is 15.0 Å². The lowest BCUT2D eigenvalue weighted by Gasteiger charge is -2.24. The van der Waals surface area contributed by atoms with E-state index >= 15 is 0 Å². The van der Waals surface area contributed by atoms with Crippen molar-refractivity contribution in [3.05, 3.63) is 84.8 Å². The Balaban J connectivity index is 1.94. The van der Waals surface area contributed by atoms with Gasteiger partial charge < -0.3 is 5.11 Å². The van der Waals surface area contributed by atoms with Crippen molar-refractivity contribution < 1.29 is 18.3 Å². The number of hydrogen-bond acceptors (Lipinski definition) is 6. The number of anilines is 1. The number of aliphatic hydroxyl groups is 1. The van der Waals surface area contributed by atoms with E-state index in [9.17, 15) is 18.3 Å². The number of sulfone groups is 1. The fourth-order valence-corrected chi connectivity index (χ4v) is 6.25. The molecule has 0 bridgehead atoms. The van der Waals surface area contributed by atoms with Crippen LogP contribution in [0.25, 0.3) is 0 Å². The smallest absolute Gasteiger partial charge is 0.296 e. The van der Waals surface area contributed by atoms with Crippen molar-refractivity contribution in [2.75, 3.05) is 4.90 Å². The highest BCUT2D eigenvalue weighted by Gasteiger charge is 2.48. The van der Waals surface area contributed by atoms with Crippen LogP contribution in [0.1, 0.15) is 22.2 Å². The molecule has 2 heterocycles. The third kappa shape index (κ3) is 3.80. The summed E-state index contributed by atoms with van der Waals surface area (Å²) in [6, 6.07) is 11.4. The second-order valence-electron chi connectivity index (χ2n) is 6.94. The van der Waals surface area contributed by atoms with E-state index in [2.05, 4.69) is 20.9 Å².